The Morgan fingerprint density at radius 3 is 2.50 bits per heavy atom. The molecule has 138 valence electrons. The van der Waals surface area contributed by atoms with E-state index in [4.69, 9.17) is 5.21 Å². The van der Waals surface area contributed by atoms with Gasteiger partial charge in [-0.15, -0.1) is 0 Å². The molecule has 0 atom stereocenters. The van der Waals surface area contributed by atoms with Crippen LogP contribution in [-0.4, -0.2) is 21.1 Å². The van der Waals surface area contributed by atoms with Crippen LogP contribution in [-0.2, 0) is 6.54 Å². The second-order valence-electron chi connectivity index (χ2n) is 6.33. The van der Waals surface area contributed by atoms with Gasteiger partial charge < -0.3 is 5.32 Å². The molecule has 0 unspecified atom stereocenters. The Bertz CT molecular complexity index is 1110. The molecule has 2 heterocycles. The van der Waals surface area contributed by atoms with Gasteiger partial charge in [0.05, 0.1) is 11.2 Å². The molecule has 4 rings (SSSR count). The smallest absolute Gasteiger partial charge is 0.274 e. The van der Waals surface area contributed by atoms with Crippen LogP contribution in [0.1, 0.15) is 15.9 Å². The summed E-state index contributed by atoms with van der Waals surface area (Å²) in [6.07, 6.45) is 5.41. The number of carbonyl (C=O) groups excluding carboxylic acids is 1. The lowest BCUT2D eigenvalue weighted by Gasteiger charge is -2.11. The first-order valence-electron chi connectivity index (χ1n) is 8.81. The first-order valence-corrected chi connectivity index (χ1v) is 8.81. The highest BCUT2D eigenvalue weighted by molar-refractivity contribution is 5.93. The van der Waals surface area contributed by atoms with Gasteiger partial charge in [0.25, 0.3) is 5.91 Å². The van der Waals surface area contributed by atoms with Gasteiger partial charge in [-0.3, -0.25) is 20.0 Å². The van der Waals surface area contributed by atoms with Crippen molar-refractivity contribution in [3.05, 3.63) is 90.4 Å². The minimum Gasteiger partial charge on any atom is -0.379 e. The Labute approximate surface area is 161 Å². The van der Waals surface area contributed by atoms with Crippen LogP contribution in [0.4, 0.5) is 5.69 Å². The fourth-order valence-electron chi connectivity index (χ4n) is 3.04. The summed E-state index contributed by atoms with van der Waals surface area (Å²) >= 11 is 0. The highest BCUT2D eigenvalue weighted by atomic mass is 16.5. The molecule has 0 bridgehead atoms. The van der Waals surface area contributed by atoms with Gasteiger partial charge >= 0.3 is 0 Å². The van der Waals surface area contributed by atoms with Crippen LogP contribution in [0.2, 0.25) is 0 Å². The summed E-state index contributed by atoms with van der Waals surface area (Å²) in [6.45, 7) is 0.591. The van der Waals surface area contributed by atoms with Gasteiger partial charge in [0.15, 0.2) is 0 Å². The van der Waals surface area contributed by atoms with Crippen molar-refractivity contribution in [1.29, 1.82) is 0 Å². The molecule has 4 aromatic rings. The predicted octanol–water partition coefficient (Wildman–Crippen LogP) is 4.03. The SMILES string of the molecule is O=C(NO)c1ccc(CNc2cccc3cc(-c4ccncc4)cnc23)cc1. The maximum Gasteiger partial charge on any atom is 0.274 e. The van der Waals surface area contributed by atoms with Crippen molar-refractivity contribution >= 4 is 22.5 Å². The summed E-state index contributed by atoms with van der Waals surface area (Å²) < 4.78 is 0. The van der Waals surface area contributed by atoms with Crippen LogP contribution in [0.25, 0.3) is 22.0 Å². The molecule has 0 aliphatic carbocycles. The molecule has 28 heavy (non-hydrogen) atoms. The number of anilines is 1. The van der Waals surface area contributed by atoms with E-state index in [1.54, 1.807) is 30.0 Å². The summed E-state index contributed by atoms with van der Waals surface area (Å²) in [6, 6.07) is 19.1. The number of hydroxylamine groups is 1. The van der Waals surface area contributed by atoms with E-state index in [1.807, 2.05) is 48.7 Å². The number of hydrogen-bond donors (Lipinski definition) is 3. The minimum atomic E-state index is -0.525. The standard InChI is InChI=1S/C22H18N4O2/c27-22(26-28)17-6-4-15(5-7-17)13-24-20-3-1-2-18-12-19(14-25-21(18)20)16-8-10-23-11-9-16/h1-12,14,24,28H,13H2,(H,26,27). The molecule has 0 fully saturated rings. The third-order valence-corrected chi connectivity index (χ3v) is 4.53. The molecule has 0 saturated heterocycles. The van der Waals surface area contributed by atoms with Crippen molar-refractivity contribution < 1.29 is 10.0 Å². The van der Waals surface area contributed by atoms with E-state index in [0.29, 0.717) is 12.1 Å². The van der Waals surface area contributed by atoms with Gasteiger partial charge in [0, 0.05) is 41.6 Å². The highest BCUT2D eigenvalue weighted by Gasteiger charge is 2.06. The molecule has 2 aromatic carbocycles. The van der Waals surface area contributed by atoms with Gasteiger partial charge in [-0.25, -0.2) is 5.48 Å². The summed E-state index contributed by atoms with van der Waals surface area (Å²) in [5.74, 6) is -0.525. The number of aromatic nitrogens is 2. The molecule has 0 spiro atoms. The molecule has 0 aliphatic heterocycles. The maximum absolute atomic E-state index is 11.4. The fourth-order valence-corrected chi connectivity index (χ4v) is 3.04. The lowest BCUT2D eigenvalue weighted by Crippen LogP contribution is -2.18. The Morgan fingerprint density at radius 1 is 0.964 bits per heavy atom. The molecule has 0 aliphatic rings. The normalized spacial score (nSPS) is 10.6. The highest BCUT2D eigenvalue weighted by Crippen LogP contribution is 2.26. The maximum atomic E-state index is 11.4. The predicted molar refractivity (Wildman–Crippen MR) is 108 cm³/mol. The second-order valence-corrected chi connectivity index (χ2v) is 6.33. The number of hydrogen-bond acceptors (Lipinski definition) is 5. The van der Waals surface area contributed by atoms with E-state index in [0.717, 1.165) is 33.3 Å². The summed E-state index contributed by atoms with van der Waals surface area (Å²) in [4.78, 5) is 20.1. The second kappa shape index (κ2) is 7.85. The minimum absolute atomic E-state index is 0.404. The molecule has 2 aromatic heterocycles. The zero-order valence-electron chi connectivity index (χ0n) is 15.0. The van der Waals surface area contributed by atoms with Crippen molar-refractivity contribution in [3.8, 4) is 11.1 Å². The number of amides is 1. The third-order valence-electron chi connectivity index (χ3n) is 4.53. The quantitative estimate of drug-likeness (QED) is 0.365. The summed E-state index contributed by atoms with van der Waals surface area (Å²) in [5.41, 5.74) is 7.01. The van der Waals surface area contributed by atoms with E-state index < -0.39 is 5.91 Å². The Hall–Kier alpha value is -3.77. The molecule has 6 nitrogen and oxygen atoms in total. The number of benzene rings is 2. The third kappa shape index (κ3) is 3.67. The van der Waals surface area contributed by atoms with Gasteiger partial charge in [0.2, 0.25) is 0 Å². The summed E-state index contributed by atoms with van der Waals surface area (Å²) in [5, 5.41) is 13.1. The number of nitrogens with one attached hydrogen (secondary N) is 2. The van der Waals surface area contributed by atoms with E-state index in [9.17, 15) is 4.79 Å². The fraction of sp³-hybridized carbons (Fsp3) is 0.0455. The number of para-hydroxylation sites is 1. The number of nitrogens with zero attached hydrogens (tertiary/aromatic N) is 2. The summed E-state index contributed by atoms with van der Waals surface area (Å²) in [7, 11) is 0. The van der Waals surface area contributed by atoms with E-state index in [-0.39, 0.29) is 0 Å². The number of pyridine rings is 2. The van der Waals surface area contributed by atoms with Crippen molar-refractivity contribution in [1.82, 2.24) is 15.4 Å². The molecular weight excluding hydrogens is 352 g/mol. The van der Waals surface area contributed by atoms with Gasteiger partial charge in [-0.05, 0) is 47.5 Å². The molecule has 0 radical (unpaired) electrons. The number of carbonyl (C=O) groups is 1. The van der Waals surface area contributed by atoms with Crippen LogP contribution in [0.3, 0.4) is 0 Å². The van der Waals surface area contributed by atoms with E-state index >= 15 is 0 Å². The Morgan fingerprint density at radius 2 is 1.75 bits per heavy atom. The van der Waals surface area contributed by atoms with E-state index in [1.165, 1.54) is 0 Å². The van der Waals surface area contributed by atoms with Gasteiger partial charge in [-0.2, -0.15) is 0 Å². The van der Waals surface area contributed by atoms with Crippen LogP contribution < -0.4 is 10.8 Å². The van der Waals surface area contributed by atoms with Crippen molar-refractivity contribution in [3.63, 3.8) is 0 Å². The monoisotopic (exact) mass is 370 g/mol. The molecule has 1 amide bonds. The molecule has 3 N–H and O–H groups in total. The Kier molecular flexibility index (Phi) is 4.95. The molecule has 6 heteroatoms. The lowest BCUT2D eigenvalue weighted by atomic mass is 10.1. The van der Waals surface area contributed by atoms with Crippen molar-refractivity contribution in [2.45, 2.75) is 6.54 Å². The average Bonchev–Trinajstić information content (AvgIpc) is 2.77. The van der Waals surface area contributed by atoms with Crippen molar-refractivity contribution in [2.24, 2.45) is 0 Å². The first kappa shape index (κ1) is 17.6. The van der Waals surface area contributed by atoms with Gasteiger partial charge in [0.1, 0.15) is 0 Å². The molecule has 0 saturated carbocycles. The average molecular weight is 370 g/mol. The zero-order valence-corrected chi connectivity index (χ0v) is 15.0. The van der Waals surface area contributed by atoms with Crippen molar-refractivity contribution in [2.75, 3.05) is 5.32 Å². The topological polar surface area (TPSA) is 87.1 Å². The Balaban J connectivity index is 1.55. The van der Waals surface area contributed by atoms with Crippen LogP contribution in [0.15, 0.2) is 79.3 Å². The number of rotatable bonds is 5. The van der Waals surface area contributed by atoms with Crippen LogP contribution in [0.5, 0.6) is 0 Å². The molecular formula is C22H18N4O2. The number of fused-ring (bicyclic) bond motifs is 1. The van der Waals surface area contributed by atoms with Crippen LogP contribution >= 0.6 is 0 Å². The van der Waals surface area contributed by atoms with Crippen LogP contribution in [0, 0.1) is 0 Å². The lowest BCUT2D eigenvalue weighted by molar-refractivity contribution is 0.0706. The largest absolute Gasteiger partial charge is 0.379 e. The van der Waals surface area contributed by atoms with Gasteiger partial charge in [-0.1, -0.05) is 24.3 Å². The first-order chi connectivity index (χ1) is 13.7. The zero-order chi connectivity index (χ0) is 19.3. The van der Waals surface area contributed by atoms with E-state index in [2.05, 4.69) is 21.4 Å².